The van der Waals surface area contributed by atoms with Crippen molar-refractivity contribution >= 4 is 11.6 Å². The normalized spacial score (nSPS) is 18.3. The van der Waals surface area contributed by atoms with Crippen LogP contribution in [-0.2, 0) is 0 Å². The Morgan fingerprint density at radius 3 is 2.33 bits per heavy atom. The molecule has 0 amide bonds. The van der Waals surface area contributed by atoms with Gasteiger partial charge >= 0.3 is 0 Å². The molecule has 0 bridgehead atoms. The van der Waals surface area contributed by atoms with Crippen molar-refractivity contribution in [3.63, 3.8) is 0 Å². The molecule has 78 valence electrons. The van der Waals surface area contributed by atoms with Gasteiger partial charge in [-0.05, 0) is 49.9 Å². The van der Waals surface area contributed by atoms with Crippen LogP contribution in [0, 0.1) is 11.8 Å². The summed E-state index contributed by atoms with van der Waals surface area (Å²) in [4.78, 5) is 0. The van der Waals surface area contributed by atoms with Crippen molar-refractivity contribution in [2.45, 2.75) is 31.3 Å². The smallest absolute Gasteiger partial charge is 0.125 e. The average molecular weight is 221 g/mol. The van der Waals surface area contributed by atoms with Gasteiger partial charge in [-0.3, -0.25) is 0 Å². The van der Waals surface area contributed by atoms with Crippen LogP contribution < -0.4 is 0 Å². The van der Waals surface area contributed by atoms with Crippen LogP contribution in [0.3, 0.4) is 0 Å². The van der Waals surface area contributed by atoms with Gasteiger partial charge in [-0.15, -0.1) is 0 Å². The second kappa shape index (κ2) is 4.26. The molecule has 1 aromatic rings. The predicted octanol–water partition coefficient (Wildman–Crippen LogP) is 3.00. The molecule has 1 nitrogen and oxygen atoms in total. The molecule has 0 saturated heterocycles. The number of hydrogen-bond donors (Lipinski definition) is 1. The molecule has 1 aromatic carbocycles. The summed E-state index contributed by atoms with van der Waals surface area (Å²) in [6.07, 6.45) is 3.75. The van der Waals surface area contributed by atoms with E-state index < -0.39 is 5.60 Å². The molecule has 1 aliphatic carbocycles. The molecule has 1 saturated carbocycles. The van der Waals surface area contributed by atoms with Gasteiger partial charge < -0.3 is 5.11 Å². The SMILES string of the molecule is OC1(C#Cc2ccc(Cl)cc2)CCCC1. The maximum atomic E-state index is 10.0. The number of aliphatic hydroxyl groups is 1. The molecule has 0 aromatic heterocycles. The first-order valence-electron chi connectivity index (χ1n) is 5.19. The second-order valence-electron chi connectivity index (χ2n) is 4.00. The van der Waals surface area contributed by atoms with E-state index in [1.165, 1.54) is 0 Å². The third-order valence-corrected chi connectivity index (χ3v) is 2.97. The van der Waals surface area contributed by atoms with Crippen molar-refractivity contribution < 1.29 is 5.11 Å². The molecule has 2 heteroatoms. The highest BCUT2D eigenvalue weighted by atomic mass is 35.5. The van der Waals surface area contributed by atoms with Crippen molar-refractivity contribution in [2.24, 2.45) is 0 Å². The minimum atomic E-state index is -0.750. The Bertz CT molecular complexity index is 391. The lowest BCUT2D eigenvalue weighted by molar-refractivity contribution is 0.110. The molecule has 0 aliphatic heterocycles. The first kappa shape index (κ1) is 10.5. The summed E-state index contributed by atoms with van der Waals surface area (Å²) in [6.45, 7) is 0. The van der Waals surface area contributed by atoms with Crippen molar-refractivity contribution in [3.05, 3.63) is 34.9 Å². The van der Waals surface area contributed by atoms with Crippen LogP contribution in [0.15, 0.2) is 24.3 Å². The molecular formula is C13H13ClO. The third kappa shape index (κ3) is 2.75. The molecule has 0 radical (unpaired) electrons. The largest absolute Gasteiger partial charge is 0.378 e. The minimum Gasteiger partial charge on any atom is -0.378 e. The Morgan fingerprint density at radius 1 is 1.13 bits per heavy atom. The second-order valence-corrected chi connectivity index (χ2v) is 4.43. The molecule has 0 unspecified atom stereocenters. The average Bonchev–Trinajstić information content (AvgIpc) is 2.65. The van der Waals surface area contributed by atoms with E-state index in [1.54, 1.807) is 0 Å². The summed E-state index contributed by atoms with van der Waals surface area (Å²) in [5.74, 6) is 5.95. The maximum absolute atomic E-state index is 10.0. The lowest BCUT2D eigenvalue weighted by Gasteiger charge is -2.12. The van der Waals surface area contributed by atoms with Gasteiger partial charge in [0.15, 0.2) is 0 Å². The Morgan fingerprint density at radius 2 is 1.73 bits per heavy atom. The number of halogens is 1. The lowest BCUT2D eigenvalue weighted by atomic mass is 10.0. The first-order valence-corrected chi connectivity index (χ1v) is 5.57. The first-order chi connectivity index (χ1) is 7.18. The van der Waals surface area contributed by atoms with Gasteiger partial charge in [0.2, 0.25) is 0 Å². The van der Waals surface area contributed by atoms with E-state index in [4.69, 9.17) is 11.6 Å². The Balaban J connectivity index is 2.14. The zero-order chi connectivity index (χ0) is 10.7. The van der Waals surface area contributed by atoms with Crippen molar-refractivity contribution in [2.75, 3.05) is 0 Å². The van der Waals surface area contributed by atoms with Gasteiger partial charge in [-0.25, -0.2) is 0 Å². The molecular weight excluding hydrogens is 208 g/mol. The zero-order valence-electron chi connectivity index (χ0n) is 8.46. The molecule has 1 aliphatic rings. The molecule has 15 heavy (non-hydrogen) atoms. The summed E-state index contributed by atoms with van der Waals surface area (Å²) in [5, 5.41) is 10.7. The van der Waals surface area contributed by atoms with E-state index in [0.717, 1.165) is 31.2 Å². The van der Waals surface area contributed by atoms with E-state index in [-0.39, 0.29) is 0 Å². The van der Waals surface area contributed by atoms with E-state index in [2.05, 4.69) is 11.8 Å². The van der Waals surface area contributed by atoms with Gasteiger partial charge in [0.1, 0.15) is 5.60 Å². The Kier molecular flexibility index (Phi) is 3.00. The van der Waals surface area contributed by atoms with Crippen LogP contribution in [0.25, 0.3) is 0 Å². The Hall–Kier alpha value is -0.970. The highest BCUT2D eigenvalue weighted by Gasteiger charge is 2.28. The molecule has 0 heterocycles. The fourth-order valence-electron chi connectivity index (χ4n) is 1.81. The summed E-state index contributed by atoms with van der Waals surface area (Å²) in [7, 11) is 0. The quantitative estimate of drug-likeness (QED) is 0.667. The third-order valence-electron chi connectivity index (χ3n) is 2.71. The fraction of sp³-hybridized carbons (Fsp3) is 0.385. The van der Waals surface area contributed by atoms with Gasteiger partial charge in [0, 0.05) is 10.6 Å². The molecule has 1 fully saturated rings. The van der Waals surface area contributed by atoms with Crippen LogP contribution >= 0.6 is 11.6 Å². The van der Waals surface area contributed by atoms with Crippen molar-refractivity contribution in [3.8, 4) is 11.8 Å². The summed E-state index contributed by atoms with van der Waals surface area (Å²) in [5.41, 5.74) is 0.152. The summed E-state index contributed by atoms with van der Waals surface area (Å²) in [6, 6.07) is 7.36. The number of hydrogen-bond acceptors (Lipinski definition) is 1. The van der Waals surface area contributed by atoms with E-state index in [0.29, 0.717) is 5.02 Å². The van der Waals surface area contributed by atoms with Gasteiger partial charge in [0.25, 0.3) is 0 Å². The van der Waals surface area contributed by atoms with Crippen molar-refractivity contribution in [1.29, 1.82) is 0 Å². The standard InChI is InChI=1S/C13H13ClO/c14-12-5-3-11(4-6-12)7-10-13(15)8-1-2-9-13/h3-6,15H,1-2,8-9H2. The van der Waals surface area contributed by atoms with Crippen LogP contribution in [0.2, 0.25) is 5.02 Å². The molecule has 2 rings (SSSR count). The topological polar surface area (TPSA) is 20.2 Å². The minimum absolute atomic E-state index is 0.708. The Labute approximate surface area is 95.1 Å². The fourth-order valence-corrected chi connectivity index (χ4v) is 1.93. The van der Waals surface area contributed by atoms with Crippen LogP contribution in [0.5, 0.6) is 0 Å². The van der Waals surface area contributed by atoms with Crippen LogP contribution in [0.1, 0.15) is 31.2 Å². The maximum Gasteiger partial charge on any atom is 0.125 e. The molecule has 0 spiro atoms. The highest BCUT2D eigenvalue weighted by molar-refractivity contribution is 6.30. The lowest BCUT2D eigenvalue weighted by Crippen LogP contribution is -2.20. The van der Waals surface area contributed by atoms with Crippen LogP contribution in [-0.4, -0.2) is 10.7 Å². The monoisotopic (exact) mass is 220 g/mol. The van der Waals surface area contributed by atoms with E-state index in [1.807, 2.05) is 24.3 Å². The van der Waals surface area contributed by atoms with E-state index >= 15 is 0 Å². The molecule has 1 N–H and O–H groups in total. The van der Waals surface area contributed by atoms with Crippen LogP contribution in [0.4, 0.5) is 0 Å². The van der Waals surface area contributed by atoms with Gasteiger partial charge in [0.05, 0.1) is 0 Å². The summed E-state index contributed by atoms with van der Waals surface area (Å²) < 4.78 is 0. The van der Waals surface area contributed by atoms with E-state index in [9.17, 15) is 5.11 Å². The summed E-state index contributed by atoms with van der Waals surface area (Å²) >= 11 is 5.77. The highest BCUT2D eigenvalue weighted by Crippen LogP contribution is 2.28. The number of rotatable bonds is 0. The number of benzene rings is 1. The zero-order valence-corrected chi connectivity index (χ0v) is 9.22. The van der Waals surface area contributed by atoms with Gasteiger partial charge in [-0.2, -0.15) is 0 Å². The van der Waals surface area contributed by atoms with Gasteiger partial charge in [-0.1, -0.05) is 23.4 Å². The predicted molar refractivity (Wildman–Crippen MR) is 61.7 cm³/mol. The van der Waals surface area contributed by atoms with Crippen molar-refractivity contribution in [1.82, 2.24) is 0 Å². The molecule has 0 atom stereocenters.